The van der Waals surface area contributed by atoms with Crippen LogP contribution in [0.15, 0.2) is 24.3 Å². The zero-order valence-corrected chi connectivity index (χ0v) is 12.3. The number of aryl methyl sites for hydroxylation is 2. The van der Waals surface area contributed by atoms with Crippen LogP contribution in [0.1, 0.15) is 37.5 Å². The van der Waals surface area contributed by atoms with Crippen LogP contribution in [-0.4, -0.2) is 18.4 Å². The van der Waals surface area contributed by atoms with Crippen molar-refractivity contribution in [3.05, 3.63) is 41.0 Å². The lowest BCUT2D eigenvalue weighted by Gasteiger charge is -2.18. The van der Waals surface area contributed by atoms with Crippen LogP contribution in [0.2, 0.25) is 0 Å². The number of hydrogen-bond donors (Lipinski definition) is 0. The van der Waals surface area contributed by atoms with Crippen LogP contribution < -0.4 is 0 Å². The molecule has 0 heterocycles. The third kappa shape index (κ3) is 6.65. The van der Waals surface area contributed by atoms with E-state index in [-0.39, 0.29) is 6.61 Å². The van der Waals surface area contributed by atoms with E-state index in [0.29, 0.717) is 0 Å². The first kappa shape index (κ1) is 15.3. The van der Waals surface area contributed by atoms with Crippen LogP contribution in [0.4, 0.5) is 4.79 Å². The molecule has 3 heteroatoms. The van der Waals surface area contributed by atoms with Crippen LogP contribution in [0.3, 0.4) is 0 Å². The van der Waals surface area contributed by atoms with Gasteiger partial charge in [0.25, 0.3) is 0 Å². The second kappa shape index (κ2) is 6.41. The Morgan fingerprint density at radius 3 is 2.26 bits per heavy atom. The van der Waals surface area contributed by atoms with E-state index >= 15 is 0 Å². The van der Waals surface area contributed by atoms with Gasteiger partial charge in [0.15, 0.2) is 0 Å². The first-order valence-electron chi connectivity index (χ1n) is 6.37. The summed E-state index contributed by atoms with van der Waals surface area (Å²) in [5, 5.41) is 0. The number of carbonyl (C=O) groups is 1. The van der Waals surface area contributed by atoms with Gasteiger partial charge in [-0.05, 0) is 46.3 Å². The van der Waals surface area contributed by atoms with E-state index in [0.717, 1.165) is 5.56 Å². The molecule has 0 bridgehead atoms. The topological polar surface area (TPSA) is 35.5 Å². The third-order valence-electron chi connectivity index (χ3n) is 2.24. The maximum Gasteiger partial charge on any atom is 0.509 e. The number of rotatable bonds is 3. The van der Waals surface area contributed by atoms with Crippen LogP contribution in [0.5, 0.6) is 0 Å². The molecule has 0 atom stereocenters. The molecule has 1 rings (SSSR count). The quantitative estimate of drug-likeness (QED) is 0.763. The van der Waals surface area contributed by atoms with Crippen molar-refractivity contribution >= 4 is 12.2 Å². The largest absolute Gasteiger partial charge is 0.509 e. The molecule has 0 amide bonds. The Bertz CT molecular complexity index is 447. The smallest absolute Gasteiger partial charge is 0.430 e. The Hall–Kier alpha value is -1.77. The molecule has 0 unspecified atom stereocenters. The average molecular weight is 262 g/mol. The SMILES string of the molecule is Cc1cc(C)cc(C=CCOC(=O)OC(C)(C)C)c1. The van der Waals surface area contributed by atoms with Gasteiger partial charge >= 0.3 is 6.16 Å². The fourth-order valence-corrected chi connectivity index (χ4v) is 1.69. The van der Waals surface area contributed by atoms with Gasteiger partial charge in [0.2, 0.25) is 0 Å². The molecule has 0 aliphatic carbocycles. The van der Waals surface area contributed by atoms with Crippen molar-refractivity contribution in [3.8, 4) is 0 Å². The number of hydrogen-bond acceptors (Lipinski definition) is 3. The molecule has 0 spiro atoms. The summed E-state index contributed by atoms with van der Waals surface area (Å²) in [5.41, 5.74) is 3.01. The molecule has 1 aromatic rings. The molecule has 0 saturated heterocycles. The monoisotopic (exact) mass is 262 g/mol. The molecular weight excluding hydrogens is 240 g/mol. The van der Waals surface area contributed by atoms with E-state index in [1.165, 1.54) is 11.1 Å². The van der Waals surface area contributed by atoms with Crippen LogP contribution in [0, 0.1) is 13.8 Å². The minimum Gasteiger partial charge on any atom is -0.430 e. The standard InChI is InChI=1S/C16H22O3/c1-12-9-13(2)11-14(10-12)7-6-8-18-15(17)19-16(3,4)5/h6-7,9-11H,8H2,1-5H3. The molecule has 0 saturated carbocycles. The summed E-state index contributed by atoms with van der Waals surface area (Å²) in [6.07, 6.45) is 3.10. The Labute approximate surface area is 115 Å². The van der Waals surface area contributed by atoms with Crippen molar-refractivity contribution in [3.63, 3.8) is 0 Å². The van der Waals surface area contributed by atoms with E-state index in [9.17, 15) is 4.79 Å². The number of benzene rings is 1. The predicted molar refractivity (Wildman–Crippen MR) is 77.1 cm³/mol. The van der Waals surface area contributed by atoms with Crippen molar-refractivity contribution in [2.24, 2.45) is 0 Å². The first-order valence-corrected chi connectivity index (χ1v) is 6.37. The van der Waals surface area contributed by atoms with Gasteiger partial charge in [-0.25, -0.2) is 4.79 Å². The zero-order chi connectivity index (χ0) is 14.5. The molecule has 1 aromatic carbocycles. The molecule has 0 aromatic heterocycles. The van der Waals surface area contributed by atoms with E-state index in [1.807, 2.05) is 6.08 Å². The highest BCUT2D eigenvalue weighted by molar-refractivity contribution is 5.61. The Balaban J connectivity index is 2.44. The normalized spacial score (nSPS) is 11.6. The molecule has 0 N–H and O–H groups in total. The van der Waals surface area contributed by atoms with Crippen LogP contribution >= 0.6 is 0 Å². The number of ether oxygens (including phenoxy) is 2. The lowest BCUT2D eigenvalue weighted by molar-refractivity contribution is -0.00234. The van der Waals surface area contributed by atoms with E-state index in [4.69, 9.17) is 9.47 Å². The average Bonchev–Trinajstić information content (AvgIpc) is 2.20. The maximum absolute atomic E-state index is 11.3. The summed E-state index contributed by atoms with van der Waals surface area (Å²) >= 11 is 0. The molecule has 19 heavy (non-hydrogen) atoms. The van der Waals surface area contributed by atoms with Gasteiger partial charge in [0.05, 0.1) is 0 Å². The summed E-state index contributed by atoms with van der Waals surface area (Å²) in [5.74, 6) is 0. The molecule has 0 aliphatic heterocycles. The summed E-state index contributed by atoms with van der Waals surface area (Å²) < 4.78 is 9.99. The fraction of sp³-hybridized carbons (Fsp3) is 0.438. The third-order valence-corrected chi connectivity index (χ3v) is 2.24. The van der Waals surface area contributed by atoms with Gasteiger partial charge in [-0.15, -0.1) is 0 Å². The molecular formula is C16H22O3. The molecule has 104 valence electrons. The van der Waals surface area contributed by atoms with Gasteiger partial charge in [0, 0.05) is 0 Å². The van der Waals surface area contributed by atoms with Crippen molar-refractivity contribution < 1.29 is 14.3 Å². The van der Waals surface area contributed by atoms with Gasteiger partial charge in [-0.3, -0.25) is 0 Å². The van der Waals surface area contributed by atoms with Crippen molar-refractivity contribution in [2.75, 3.05) is 6.61 Å². The molecule has 3 nitrogen and oxygen atoms in total. The van der Waals surface area contributed by atoms with E-state index < -0.39 is 11.8 Å². The zero-order valence-electron chi connectivity index (χ0n) is 12.3. The predicted octanol–water partition coefficient (Wildman–Crippen LogP) is 4.27. The lowest BCUT2D eigenvalue weighted by Crippen LogP contribution is -2.24. The summed E-state index contributed by atoms with van der Waals surface area (Å²) in [6, 6.07) is 6.28. The molecule has 0 aliphatic rings. The van der Waals surface area contributed by atoms with Gasteiger partial charge < -0.3 is 9.47 Å². The highest BCUT2D eigenvalue weighted by Gasteiger charge is 2.16. The van der Waals surface area contributed by atoms with E-state index in [1.54, 1.807) is 26.8 Å². The second-order valence-corrected chi connectivity index (χ2v) is 5.60. The molecule has 0 fully saturated rings. The molecule has 0 radical (unpaired) electrons. The van der Waals surface area contributed by atoms with Gasteiger partial charge in [-0.2, -0.15) is 0 Å². The maximum atomic E-state index is 11.3. The van der Waals surface area contributed by atoms with Crippen molar-refractivity contribution in [1.82, 2.24) is 0 Å². The Kier molecular flexibility index (Phi) is 5.16. The highest BCUT2D eigenvalue weighted by Crippen LogP contribution is 2.11. The van der Waals surface area contributed by atoms with Crippen LogP contribution in [-0.2, 0) is 9.47 Å². The van der Waals surface area contributed by atoms with Crippen molar-refractivity contribution in [1.29, 1.82) is 0 Å². The fourth-order valence-electron chi connectivity index (χ4n) is 1.69. The Morgan fingerprint density at radius 2 is 1.74 bits per heavy atom. The summed E-state index contributed by atoms with van der Waals surface area (Å²) in [7, 11) is 0. The lowest BCUT2D eigenvalue weighted by atomic mass is 10.1. The van der Waals surface area contributed by atoms with Crippen molar-refractivity contribution in [2.45, 2.75) is 40.2 Å². The van der Waals surface area contributed by atoms with Gasteiger partial charge in [0.1, 0.15) is 12.2 Å². The first-order chi connectivity index (χ1) is 8.76. The minimum atomic E-state index is -0.641. The summed E-state index contributed by atoms with van der Waals surface area (Å²) in [4.78, 5) is 11.3. The minimum absolute atomic E-state index is 0.210. The second-order valence-electron chi connectivity index (χ2n) is 5.60. The van der Waals surface area contributed by atoms with E-state index in [2.05, 4.69) is 32.0 Å². The number of carbonyl (C=O) groups excluding carboxylic acids is 1. The van der Waals surface area contributed by atoms with Crippen LogP contribution in [0.25, 0.3) is 6.08 Å². The Morgan fingerprint density at radius 1 is 1.16 bits per heavy atom. The summed E-state index contributed by atoms with van der Waals surface area (Å²) in [6.45, 7) is 9.74. The van der Waals surface area contributed by atoms with Gasteiger partial charge in [-0.1, -0.05) is 35.4 Å². The highest BCUT2D eigenvalue weighted by atomic mass is 16.7.